The van der Waals surface area contributed by atoms with Gasteiger partial charge >= 0.3 is 0 Å². The molecule has 0 bridgehead atoms. The topological polar surface area (TPSA) is 17.1 Å². The van der Waals surface area contributed by atoms with Gasteiger partial charge in [-0.25, -0.2) is 0 Å². The maximum absolute atomic E-state index is 11.7. The number of terminal acetylenes is 1. The highest BCUT2D eigenvalue weighted by atomic mass is 16.1. The van der Waals surface area contributed by atoms with Crippen LogP contribution < -0.4 is 0 Å². The highest BCUT2D eigenvalue weighted by molar-refractivity contribution is 5.96. The lowest BCUT2D eigenvalue weighted by molar-refractivity contribution is 0.0980. The Morgan fingerprint density at radius 3 is 2.67 bits per heavy atom. The molecule has 1 heteroatoms. The average molecular weight is 200 g/mol. The van der Waals surface area contributed by atoms with Crippen molar-refractivity contribution in [3.05, 3.63) is 34.9 Å². The molecule has 0 N–H and O–H groups in total. The number of benzene rings is 1. The van der Waals surface area contributed by atoms with Crippen molar-refractivity contribution < 1.29 is 4.79 Å². The van der Waals surface area contributed by atoms with Crippen LogP contribution in [-0.2, 0) is 0 Å². The van der Waals surface area contributed by atoms with E-state index < -0.39 is 0 Å². The van der Waals surface area contributed by atoms with E-state index in [0.717, 1.165) is 17.5 Å². The monoisotopic (exact) mass is 200 g/mol. The zero-order valence-electron chi connectivity index (χ0n) is 9.34. The number of carbonyl (C=O) groups is 1. The quantitative estimate of drug-likeness (QED) is 0.414. The van der Waals surface area contributed by atoms with Crippen molar-refractivity contribution in [2.75, 3.05) is 0 Å². The van der Waals surface area contributed by atoms with Crippen LogP contribution in [0.15, 0.2) is 18.2 Å². The smallest absolute Gasteiger partial charge is 0.162 e. The van der Waals surface area contributed by atoms with Crippen LogP contribution in [0, 0.1) is 26.2 Å². The first-order valence-electron chi connectivity index (χ1n) is 5.19. The van der Waals surface area contributed by atoms with E-state index in [4.69, 9.17) is 6.42 Å². The molecular weight excluding hydrogens is 184 g/mol. The third kappa shape index (κ3) is 3.25. The van der Waals surface area contributed by atoms with Crippen LogP contribution in [0.5, 0.6) is 0 Å². The molecular formula is C14H16O. The van der Waals surface area contributed by atoms with Gasteiger partial charge in [-0.2, -0.15) is 0 Å². The number of hydrogen-bond donors (Lipinski definition) is 0. The zero-order valence-corrected chi connectivity index (χ0v) is 9.34. The van der Waals surface area contributed by atoms with Crippen LogP contribution in [0.2, 0.25) is 0 Å². The normalized spacial score (nSPS) is 9.67. The van der Waals surface area contributed by atoms with Crippen molar-refractivity contribution in [3.63, 3.8) is 0 Å². The van der Waals surface area contributed by atoms with Crippen LogP contribution in [0.25, 0.3) is 0 Å². The fourth-order valence-electron chi connectivity index (χ4n) is 1.41. The fourth-order valence-corrected chi connectivity index (χ4v) is 1.41. The van der Waals surface area contributed by atoms with Gasteiger partial charge in [0.1, 0.15) is 0 Å². The molecule has 0 radical (unpaired) electrons. The third-order valence-electron chi connectivity index (χ3n) is 2.55. The largest absolute Gasteiger partial charge is 0.294 e. The Morgan fingerprint density at radius 1 is 1.33 bits per heavy atom. The standard InChI is InChI=1S/C14H16O/c1-4-5-6-7-14(15)13-9-8-11(2)12(3)10-13/h1,8-10H,5-7H2,2-3H3. The second-order valence-corrected chi connectivity index (χ2v) is 3.78. The van der Waals surface area contributed by atoms with Gasteiger partial charge in [-0.1, -0.05) is 12.1 Å². The predicted octanol–water partition coefficient (Wildman–Crippen LogP) is 3.29. The Bertz CT molecular complexity index is 396. The van der Waals surface area contributed by atoms with Crippen LogP contribution in [-0.4, -0.2) is 5.78 Å². The van der Waals surface area contributed by atoms with E-state index in [2.05, 4.69) is 5.92 Å². The van der Waals surface area contributed by atoms with E-state index in [1.54, 1.807) is 0 Å². The van der Waals surface area contributed by atoms with Crippen LogP contribution >= 0.6 is 0 Å². The molecule has 0 aliphatic carbocycles. The number of aryl methyl sites for hydroxylation is 2. The molecule has 0 fully saturated rings. The van der Waals surface area contributed by atoms with Crippen molar-refractivity contribution in [2.45, 2.75) is 33.1 Å². The Labute approximate surface area is 91.5 Å². The molecule has 0 saturated carbocycles. The summed E-state index contributed by atoms with van der Waals surface area (Å²) in [5.74, 6) is 2.73. The van der Waals surface area contributed by atoms with E-state index in [-0.39, 0.29) is 5.78 Å². The minimum atomic E-state index is 0.188. The molecule has 0 atom stereocenters. The van der Waals surface area contributed by atoms with E-state index in [9.17, 15) is 4.79 Å². The minimum absolute atomic E-state index is 0.188. The lowest BCUT2D eigenvalue weighted by atomic mass is 10.0. The molecule has 1 aromatic rings. The van der Waals surface area contributed by atoms with Gasteiger partial charge in [0.15, 0.2) is 5.78 Å². The summed E-state index contributed by atoms with van der Waals surface area (Å²) < 4.78 is 0. The second kappa shape index (κ2) is 5.36. The highest BCUT2D eigenvalue weighted by Gasteiger charge is 2.05. The van der Waals surface area contributed by atoms with Gasteiger partial charge in [0.05, 0.1) is 0 Å². The molecule has 1 rings (SSSR count). The summed E-state index contributed by atoms with van der Waals surface area (Å²) >= 11 is 0. The number of Topliss-reactive ketones (excluding diaryl/α,β-unsaturated/α-hetero) is 1. The lowest BCUT2D eigenvalue weighted by Crippen LogP contribution is -1.99. The fraction of sp³-hybridized carbons (Fsp3) is 0.357. The predicted molar refractivity (Wildman–Crippen MR) is 62.9 cm³/mol. The summed E-state index contributed by atoms with van der Waals surface area (Å²) in [6.07, 6.45) is 7.14. The number of unbranched alkanes of at least 4 members (excludes halogenated alkanes) is 1. The summed E-state index contributed by atoms with van der Waals surface area (Å²) in [6, 6.07) is 5.83. The number of rotatable bonds is 4. The average Bonchev–Trinajstić information content (AvgIpc) is 2.22. The first-order valence-corrected chi connectivity index (χ1v) is 5.19. The first-order chi connectivity index (χ1) is 7.15. The summed E-state index contributed by atoms with van der Waals surface area (Å²) in [4.78, 5) is 11.7. The first kappa shape index (κ1) is 11.5. The molecule has 1 aromatic carbocycles. The highest BCUT2D eigenvalue weighted by Crippen LogP contribution is 2.12. The van der Waals surface area contributed by atoms with Crippen LogP contribution in [0.1, 0.15) is 40.7 Å². The minimum Gasteiger partial charge on any atom is -0.294 e. The Hall–Kier alpha value is -1.55. The van der Waals surface area contributed by atoms with Crippen molar-refractivity contribution in [2.24, 2.45) is 0 Å². The number of ketones is 1. The molecule has 1 nitrogen and oxygen atoms in total. The second-order valence-electron chi connectivity index (χ2n) is 3.78. The van der Waals surface area contributed by atoms with Gasteiger partial charge < -0.3 is 0 Å². The summed E-state index contributed by atoms with van der Waals surface area (Å²) in [5, 5.41) is 0. The van der Waals surface area contributed by atoms with Gasteiger partial charge in [0, 0.05) is 18.4 Å². The summed E-state index contributed by atoms with van der Waals surface area (Å²) in [7, 11) is 0. The van der Waals surface area contributed by atoms with Gasteiger partial charge in [-0.3, -0.25) is 4.79 Å². The van der Waals surface area contributed by atoms with Crippen molar-refractivity contribution in [1.82, 2.24) is 0 Å². The van der Waals surface area contributed by atoms with Crippen LogP contribution in [0.3, 0.4) is 0 Å². The number of carbonyl (C=O) groups excluding carboxylic acids is 1. The Balaban J connectivity index is 2.67. The maximum Gasteiger partial charge on any atom is 0.162 e. The lowest BCUT2D eigenvalue weighted by Gasteiger charge is -2.03. The molecule has 0 aliphatic rings. The van der Waals surface area contributed by atoms with Gasteiger partial charge in [0.25, 0.3) is 0 Å². The van der Waals surface area contributed by atoms with Crippen molar-refractivity contribution in [1.29, 1.82) is 0 Å². The van der Waals surface area contributed by atoms with E-state index in [1.807, 2.05) is 32.0 Å². The molecule has 0 amide bonds. The molecule has 0 aromatic heterocycles. The molecule has 0 unspecified atom stereocenters. The maximum atomic E-state index is 11.7. The van der Waals surface area contributed by atoms with E-state index in [0.29, 0.717) is 12.8 Å². The van der Waals surface area contributed by atoms with E-state index in [1.165, 1.54) is 5.56 Å². The molecule has 78 valence electrons. The van der Waals surface area contributed by atoms with Gasteiger partial charge in [0.2, 0.25) is 0 Å². The van der Waals surface area contributed by atoms with Gasteiger partial charge in [-0.05, 0) is 37.5 Å². The Morgan fingerprint density at radius 2 is 2.07 bits per heavy atom. The molecule has 0 heterocycles. The third-order valence-corrected chi connectivity index (χ3v) is 2.55. The Kier molecular flexibility index (Phi) is 4.12. The molecule has 0 aliphatic heterocycles. The molecule has 0 spiro atoms. The van der Waals surface area contributed by atoms with Crippen molar-refractivity contribution in [3.8, 4) is 12.3 Å². The SMILES string of the molecule is C#CCCCC(=O)c1ccc(C)c(C)c1. The zero-order chi connectivity index (χ0) is 11.3. The van der Waals surface area contributed by atoms with Gasteiger partial charge in [-0.15, -0.1) is 12.3 Å². The van der Waals surface area contributed by atoms with Crippen molar-refractivity contribution >= 4 is 5.78 Å². The molecule has 15 heavy (non-hydrogen) atoms. The van der Waals surface area contributed by atoms with Crippen LogP contribution in [0.4, 0.5) is 0 Å². The molecule has 0 saturated heterocycles. The summed E-state index contributed by atoms with van der Waals surface area (Å²) in [6.45, 7) is 4.06. The van der Waals surface area contributed by atoms with E-state index >= 15 is 0 Å². The number of hydrogen-bond acceptors (Lipinski definition) is 1. The summed E-state index contributed by atoms with van der Waals surface area (Å²) in [5.41, 5.74) is 3.18.